The third-order valence-corrected chi connectivity index (χ3v) is 5.79. The van der Waals surface area contributed by atoms with Gasteiger partial charge in [-0.3, -0.25) is 4.79 Å². The van der Waals surface area contributed by atoms with Crippen LogP contribution in [0.4, 0.5) is 4.39 Å². The summed E-state index contributed by atoms with van der Waals surface area (Å²) in [5.74, 6) is -0.966. The summed E-state index contributed by atoms with van der Waals surface area (Å²) in [7, 11) is -3.85. The first kappa shape index (κ1) is 20.7. The zero-order valence-electron chi connectivity index (χ0n) is 16.0. The number of benzene rings is 2. The van der Waals surface area contributed by atoms with E-state index in [1.165, 1.54) is 24.3 Å². The Bertz CT molecular complexity index is 1120. The second kappa shape index (κ2) is 8.52. The number of sulfone groups is 1. The predicted molar refractivity (Wildman–Crippen MR) is 104 cm³/mol. The number of hydrogen-bond acceptors (Lipinski definition) is 6. The number of aromatic nitrogens is 2. The summed E-state index contributed by atoms with van der Waals surface area (Å²) in [5, 5.41) is 9.55. The van der Waals surface area contributed by atoms with Crippen LogP contribution in [0, 0.1) is 19.7 Å². The van der Waals surface area contributed by atoms with Crippen LogP contribution in [0.5, 0.6) is 0 Å². The molecule has 1 aromatic heterocycles. The van der Waals surface area contributed by atoms with Gasteiger partial charge in [0.15, 0.2) is 0 Å². The lowest BCUT2D eigenvalue weighted by atomic mass is 10.1. The standard InChI is InChI=1S/C20H20FN3O4S/c1-13-3-6-16(11-14(13)2)19(25)22-10-9-18-23-24-20(28-18)29(26,27)12-15-4-7-17(21)8-5-15/h3-8,11H,9-10,12H2,1-2H3,(H,22,25). The molecule has 1 N–H and O–H groups in total. The minimum absolute atomic E-state index is 0.100. The van der Waals surface area contributed by atoms with Crippen LogP contribution < -0.4 is 5.32 Å². The van der Waals surface area contributed by atoms with Crippen molar-refractivity contribution in [3.63, 3.8) is 0 Å². The van der Waals surface area contributed by atoms with Crippen LogP contribution in [0.1, 0.15) is 32.9 Å². The molecule has 0 aliphatic carbocycles. The number of nitrogens with zero attached hydrogens (tertiary/aromatic N) is 2. The Kier molecular flexibility index (Phi) is 6.07. The Morgan fingerprint density at radius 1 is 1.07 bits per heavy atom. The first-order chi connectivity index (χ1) is 13.7. The maximum Gasteiger partial charge on any atom is 0.335 e. The Morgan fingerprint density at radius 3 is 2.48 bits per heavy atom. The van der Waals surface area contributed by atoms with Crippen molar-refractivity contribution < 1.29 is 22.0 Å². The van der Waals surface area contributed by atoms with E-state index in [0.717, 1.165) is 11.1 Å². The number of hydrogen-bond donors (Lipinski definition) is 1. The molecule has 0 spiro atoms. The molecule has 2 aromatic carbocycles. The molecule has 0 bridgehead atoms. The Hall–Kier alpha value is -3.07. The monoisotopic (exact) mass is 417 g/mol. The molecule has 0 unspecified atom stereocenters. The normalized spacial score (nSPS) is 11.4. The van der Waals surface area contributed by atoms with E-state index in [2.05, 4.69) is 15.5 Å². The maximum atomic E-state index is 12.9. The van der Waals surface area contributed by atoms with Gasteiger partial charge in [-0.05, 0) is 54.8 Å². The molecule has 3 rings (SSSR count). The van der Waals surface area contributed by atoms with Gasteiger partial charge in [-0.15, -0.1) is 5.10 Å². The van der Waals surface area contributed by atoms with Crippen molar-refractivity contribution in [1.29, 1.82) is 0 Å². The summed E-state index contributed by atoms with van der Waals surface area (Å²) in [6.45, 7) is 4.11. The van der Waals surface area contributed by atoms with E-state index in [-0.39, 0.29) is 30.5 Å². The summed E-state index contributed by atoms with van der Waals surface area (Å²) in [5.41, 5.74) is 3.07. The van der Waals surface area contributed by atoms with E-state index in [4.69, 9.17) is 4.42 Å². The van der Waals surface area contributed by atoms with E-state index < -0.39 is 20.9 Å². The summed E-state index contributed by atoms with van der Waals surface area (Å²) < 4.78 is 42.9. The number of carbonyl (C=O) groups is 1. The van der Waals surface area contributed by atoms with Gasteiger partial charge in [0.25, 0.3) is 5.91 Å². The molecule has 0 aliphatic heterocycles. The number of halogens is 1. The number of rotatable bonds is 7. The fourth-order valence-electron chi connectivity index (χ4n) is 2.59. The van der Waals surface area contributed by atoms with E-state index in [1.807, 2.05) is 19.9 Å². The Labute approximate surface area is 167 Å². The zero-order valence-corrected chi connectivity index (χ0v) is 16.8. The molecule has 7 nitrogen and oxygen atoms in total. The fourth-order valence-corrected chi connectivity index (χ4v) is 3.74. The van der Waals surface area contributed by atoms with Gasteiger partial charge in [-0.2, -0.15) is 0 Å². The molecular weight excluding hydrogens is 397 g/mol. The zero-order chi connectivity index (χ0) is 21.0. The molecule has 29 heavy (non-hydrogen) atoms. The summed E-state index contributed by atoms with van der Waals surface area (Å²) in [4.78, 5) is 12.2. The van der Waals surface area contributed by atoms with E-state index in [9.17, 15) is 17.6 Å². The molecule has 152 valence electrons. The first-order valence-electron chi connectivity index (χ1n) is 8.89. The minimum Gasteiger partial charge on any atom is -0.412 e. The molecule has 0 fully saturated rings. The molecular formula is C20H20FN3O4S. The average molecular weight is 417 g/mol. The minimum atomic E-state index is -3.85. The van der Waals surface area contributed by atoms with Crippen LogP contribution in [0.2, 0.25) is 0 Å². The van der Waals surface area contributed by atoms with E-state index >= 15 is 0 Å². The van der Waals surface area contributed by atoms with Gasteiger partial charge in [0.1, 0.15) is 5.82 Å². The second-order valence-electron chi connectivity index (χ2n) is 6.65. The summed E-state index contributed by atoms with van der Waals surface area (Å²) in [6, 6.07) is 10.5. The van der Waals surface area contributed by atoms with Gasteiger partial charge in [-0.1, -0.05) is 23.3 Å². The van der Waals surface area contributed by atoms with Crippen molar-refractivity contribution >= 4 is 15.7 Å². The molecule has 9 heteroatoms. The second-order valence-corrected chi connectivity index (χ2v) is 8.52. The summed E-state index contributed by atoms with van der Waals surface area (Å²) >= 11 is 0. The third-order valence-electron chi connectivity index (χ3n) is 4.38. The van der Waals surface area contributed by atoms with E-state index in [1.54, 1.807) is 12.1 Å². The fraction of sp³-hybridized carbons (Fsp3) is 0.250. The highest BCUT2D eigenvalue weighted by Gasteiger charge is 2.23. The van der Waals surface area contributed by atoms with Gasteiger partial charge < -0.3 is 9.73 Å². The van der Waals surface area contributed by atoms with Crippen LogP contribution in [0.15, 0.2) is 52.1 Å². The largest absolute Gasteiger partial charge is 0.412 e. The van der Waals surface area contributed by atoms with E-state index in [0.29, 0.717) is 11.1 Å². The number of nitrogens with one attached hydrogen (secondary N) is 1. The predicted octanol–water partition coefficient (Wildman–Crippen LogP) is 2.77. The van der Waals surface area contributed by atoms with Gasteiger partial charge in [0, 0.05) is 18.5 Å². The van der Waals surface area contributed by atoms with Gasteiger partial charge >= 0.3 is 5.22 Å². The molecule has 3 aromatic rings. The van der Waals surface area contributed by atoms with Gasteiger partial charge in [-0.25, -0.2) is 12.8 Å². The highest BCUT2D eigenvalue weighted by molar-refractivity contribution is 7.90. The smallest absolute Gasteiger partial charge is 0.335 e. The Morgan fingerprint density at radius 2 is 1.79 bits per heavy atom. The summed E-state index contributed by atoms with van der Waals surface area (Å²) in [6.07, 6.45) is 0.190. The quantitative estimate of drug-likeness (QED) is 0.634. The number of carbonyl (C=O) groups excluding carboxylic acids is 1. The van der Waals surface area contributed by atoms with Crippen LogP contribution in [-0.4, -0.2) is 31.1 Å². The number of amides is 1. The van der Waals surface area contributed by atoms with Gasteiger partial charge in [0.2, 0.25) is 15.7 Å². The molecule has 1 amide bonds. The lowest BCUT2D eigenvalue weighted by Gasteiger charge is -2.06. The van der Waals surface area contributed by atoms with Crippen LogP contribution in [0.25, 0.3) is 0 Å². The lowest BCUT2D eigenvalue weighted by Crippen LogP contribution is -2.25. The first-order valence-corrected chi connectivity index (χ1v) is 10.5. The van der Waals surface area contributed by atoms with Crippen molar-refractivity contribution in [2.45, 2.75) is 31.2 Å². The van der Waals surface area contributed by atoms with Crippen molar-refractivity contribution in [1.82, 2.24) is 15.5 Å². The number of aryl methyl sites for hydroxylation is 2. The van der Waals surface area contributed by atoms with Crippen molar-refractivity contribution in [2.24, 2.45) is 0 Å². The van der Waals surface area contributed by atoms with Gasteiger partial charge in [0.05, 0.1) is 5.75 Å². The van der Waals surface area contributed by atoms with Crippen molar-refractivity contribution in [3.8, 4) is 0 Å². The highest BCUT2D eigenvalue weighted by atomic mass is 32.2. The molecule has 0 saturated heterocycles. The molecule has 0 atom stereocenters. The Balaban J connectivity index is 1.57. The SMILES string of the molecule is Cc1ccc(C(=O)NCCc2nnc(S(=O)(=O)Cc3ccc(F)cc3)o2)cc1C. The highest BCUT2D eigenvalue weighted by Crippen LogP contribution is 2.16. The van der Waals surface area contributed by atoms with Crippen molar-refractivity contribution in [3.05, 3.63) is 76.4 Å². The molecule has 1 heterocycles. The molecule has 0 saturated carbocycles. The average Bonchev–Trinajstić information content (AvgIpc) is 3.15. The van der Waals surface area contributed by atoms with Crippen LogP contribution in [-0.2, 0) is 22.0 Å². The molecule has 0 aliphatic rings. The van der Waals surface area contributed by atoms with Crippen LogP contribution in [0.3, 0.4) is 0 Å². The third kappa shape index (κ3) is 5.26. The lowest BCUT2D eigenvalue weighted by molar-refractivity contribution is 0.0953. The van der Waals surface area contributed by atoms with Crippen molar-refractivity contribution in [2.75, 3.05) is 6.54 Å². The molecule has 0 radical (unpaired) electrons. The topological polar surface area (TPSA) is 102 Å². The maximum absolute atomic E-state index is 12.9. The van der Waals surface area contributed by atoms with Crippen LogP contribution >= 0.6 is 0 Å².